The summed E-state index contributed by atoms with van der Waals surface area (Å²) < 4.78 is 5.80. The standard InChI is InChI=1S/C19H28N2O4/c1-12(2)15-10-9-13(3)11-18(15)25-19(22)14(4)20-16-7-5-6-8-17(16)21(23)24/h5-8,12-15,18,20H,9-11H2,1-4H3/t13-,14-,15+,18-/m1/s1. The van der Waals surface area contributed by atoms with Crippen molar-refractivity contribution in [2.45, 2.75) is 59.1 Å². The Balaban J connectivity index is 2.03. The first-order valence-corrected chi connectivity index (χ1v) is 9.00. The van der Waals surface area contributed by atoms with Crippen LogP contribution in [0.25, 0.3) is 0 Å². The summed E-state index contributed by atoms with van der Waals surface area (Å²) in [5, 5.41) is 14.0. The Labute approximate surface area is 149 Å². The number of nitro benzene ring substituents is 1. The highest BCUT2D eigenvalue weighted by molar-refractivity contribution is 5.80. The SMILES string of the molecule is CC(C)[C@@H]1CC[C@@H](C)C[C@H]1OC(=O)[C@@H](C)Nc1ccccc1[N+](=O)[O-]. The molecule has 0 unspecified atom stereocenters. The molecule has 0 aliphatic heterocycles. The fourth-order valence-corrected chi connectivity index (χ4v) is 3.55. The summed E-state index contributed by atoms with van der Waals surface area (Å²) in [6.45, 7) is 8.19. The van der Waals surface area contributed by atoms with E-state index in [4.69, 9.17) is 4.74 Å². The number of nitrogens with zero attached hydrogens (tertiary/aromatic N) is 1. The molecule has 1 fully saturated rings. The summed E-state index contributed by atoms with van der Waals surface area (Å²) in [6, 6.07) is 5.67. The fraction of sp³-hybridized carbons (Fsp3) is 0.632. The van der Waals surface area contributed by atoms with Crippen LogP contribution in [0, 0.1) is 27.9 Å². The van der Waals surface area contributed by atoms with Gasteiger partial charge in [0.15, 0.2) is 0 Å². The van der Waals surface area contributed by atoms with Crippen molar-refractivity contribution in [1.29, 1.82) is 0 Å². The maximum atomic E-state index is 12.5. The topological polar surface area (TPSA) is 81.5 Å². The van der Waals surface area contributed by atoms with Crippen LogP contribution in [0.3, 0.4) is 0 Å². The third-order valence-electron chi connectivity index (χ3n) is 5.06. The van der Waals surface area contributed by atoms with E-state index in [0.717, 1.165) is 12.8 Å². The van der Waals surface area contributed by atoms with Crippen molar-refractivity contribution in [2.24, 2.45) is 17.8 Å². The van der Waals surface area contributed by atoms with Crippen LogP contribution in [0.5, 0.6) is 0 Å². The van der Waals surface area contributed by atoms with Gasteiger partial charge in [-0.15, -0.1) is 0 Å². The number of carbonyl (C=O) groups is 1. The van der Waals surface area contributed by atoms with Gasteiger partial charge in [-0.1, -0.05) is 39.3 Å². The van der Waals surface area contributed by atoms with Crippen LogP contribution >= 0.6 is 0 Å². The molecule has 4 atom stereocenters. The minimum absolute atomic E-state index is 0.0477. The second kappa shape index (κ2) is 8.32. The van der Waals surface area contributed by atoms with Gasteiger partial charge in [0, 0.05) is 6.07 Å². The van der Waals surface area contributed by atoms with Gasteiger partial charge >= 0.3 is 5.97 Å². The normalized spacial score (nSPS) is 24.6. The lowest BCUT2D eigenvalue weighted by Gasteiger charge is -2.37. The number of carbonyl (C=O) groups excluding carboxylic acids is 1. The lowest BCUT2D eigenvalue weighted by molar-refractivity contribution is -0.384. The molecule has 0 saturated heterocycles. The molecule has 0 heterocycles. The van der Waals surface area contributed by atoms with E-state index in [1.54, 1.807) is 25.1 Å². The molecule has 6 heteroatoms. The Bertz CT molecular complexity index is 617. The first-order valence-electron chi connectivity index (χ1n) is 9.00. The Morgan fingerprint density at radius 3 is 2.60 bits per heavy atom. The van der Waals surface area contributed by atoms with Crippen LogP contribution in [0.2, 0.25) is 0 Å². The number of benzene rings is 1. The monoisotopic (exact) mass is 348 g/mol. The zero-order valence-corrected chi connectivity index (χ0v) is 15.4. The van der Waals surface area contributed by atoms with Gasteiger partial charge < -0.3 is 10.1 Å². The molecular weight excluding hydrogens is 320 g/mol. The molecule has 1 aliphatic rings. The van der Waals surface area contributed by atoms with Crippen LogP contribution in [0.4, 0.5) is 11.4 Å². The van der Waals surface area contributed by atoms with Crippen LogP contribution in [0.15, 0.2) is 24.3 Å². The summed E-state index contributed by atoms with van der Waals surface area (Å²) in [6.07, 6.45) is 3.04. The van der Waals surface area contributed by atoms with Crippen molar-refractivity contribution < 1.29 is 14.5 Å². The molecule has 1 N–H and O–H groups in total. The molecule has 0 bridgehead atoms. The maximum absolute atomic E-state index is 12.5. The molecule has 0 amide bonds. The largest absolute Gasteiger partial charge is 0.461 e. The van der Waals surface area contributed by atoms with Crippen molar-refractivity contribution in [1.82, 2.24) is 0 Å². The Hall–Kier alpha value is -2.11. The lowest BCUT2D eigenvalue weighted by atomic mass is 9.75. The molecule has 1 aromatic carbocycles. The van der Waals surface area contributed by atoms with Gasteiger partial charge in [0.1, 0.15) is 17.8 Å². The molecule has 1 aliphatic carbocycles. The highest BCUT2D eigenvalue weighted by atomic mass is 16.6. The number of esters is 1. The highest BCUT2D eigenvalue weighted by Gasteiger charge is 2.34. The van der Waals surface area contributed by atoms with Crippen molar-refractivity contribution in [3.63, 3.8) is 0 Å². The van der Waals surface area contributed by atoms with Crippen LogP contribution < -0.4 is 5.32 Å². The number of hydrogen-bond acceptors (Lipinski definition) is 5. The summed E-state index contributed by atoms with van der Waals surface area (Å²) in [4.78, 5) is 23.2. The predicted molar refractivity (Wildman–Crippen MR) is 97.4 cm³/mol. The van der Waals surface area contributed by atoms with Gasteiger partial charge in [-0.05, 0) is 43.6 Å². The number of nitrogens with one attached hydrogen (secondary N) is 1. The lowest BCUT2D eigenvalue weighted by Crippen LogP contribution is -2.39. The van der Waals surface area contributed by atoms with E-state index in [1.165, 1.54) is 12.5 Å². The summed E-state index contributed by atoms with van der Waals surface area (Å²) in [7, 11) is 0. The van der Waals surface area contributed by atoms with E-state index in [9.17, 15) is 14.9 Å². The maximum Gasteiger partial charge on any atom is 0.328 e. The number of nitro groups is 1. The van der Waals surface area contributed by atoms with E-state index >= 15 is 0 Å². The van der Waals surface area contributed by atoms with E-state index in [1.807, 2.05) is 0 Å². The summed E-state index contributed by atoms with van der Waals surface area (Å²) >= 11 is 0. The number of anilines is 1. The van der Waals surface area contributed by atoms with Crippen molar-refractivity contribution in [3.8, 4) is 0 Å². The Kier molecular flexibility index (Phi) is 6.39. The van der Waals surface area contributed by atoms with Gasteiger partial charge in [0.2, 0.25) is 0 Å². The zero-order valence-electron chi connectivity index (χ0n) is 15.4. The summed E-state index contributed by atoms with van der Waals surface area (Å²) in [5.41, 5.74) is 0.280. The molecule has 0 aromatic heterocycles. The Morgan fingerprint density at radius 2 is 1.96 bits per heavy atom. The van der Waals surface area contributed by atoms with Crippen molar-refractivity contribution in [3.05, 3.63) is 34.4 Å². The van der Waals surface area contributed by atoms with Gasteiger partial charge in [-0.3, -0.25) is 10.1 Å². The molecule has 1 aromatic rings. The molecule has 2 rings (SSSR count). The second-order valence-electron chi connectivity index (χ2n) is 7.44. The number of hydrogen-bond donors (Lipinski definition) is 1. The smallest absolute Gasteiger partial charge is 0.328 e. The molecule has 0 spiro atoms. The molecule has 1 saturated carbocycles. The third-order valence-corrected chi connectivity index (χ3v) is 5.06. The molecule has 25 heavy (non-hydrogen) atoms. The van der Waals surface area contributed by atoms with E-state index < -0.39 is 11.0 Å². The van der Waals surface area contributed by atoms with Gasteiger partial charge in [0.25, 0.3) is 5.69 Å². The van der Waals surface area contributed by atoms with Crippen LogP contribution in [-0.2, 0) is 9.53 Å². The average Bonchev–Trinajstić information content (AvgIpc) is 2.54. The minimum atomic E-state index is -0.647. The van der Waals surface area contributed by atoms with E-state index in [2.05, 4.69) is 26.1 Å². The first kappa shape index (κ1) is 19.2. The van der Waals surface area contributed by atoms with E-state index in [-0.39, 0.29) is 17.8 Å². The average molecular weight is 348 g/mol. The molecule has 138 valence electrons. The van der Waals surface area contributed by atoms with Gasteiger partial charge in [-0.2, -0.15) is 0 Å². The van der Waals surface area contributed by atoms with Crippen molar-refractivity contribution >= 4 is 17.3 Å². The second-order valence-corrected chi connectivity index (χ2v) is 7.44. The highest BCUT2D eigenvalue weighted by Crippen LogP contribution is 2.35. The van der Waals surface area contributed by atoms with Gasteiger partial charge in [-0.25, -0.2) is 4.79 Å². The Morgan fingerprint density at radius 1 is 1.28 bits per heavy atom. The number of rotatable bonds is 6. The first-order chi connectivity index (χ1) is 11.8. The van der Waals surface area contributed by atoms with Crippen LogP contribution in [-0.4, -0.2) is 23.0 Å². The zero-order chi connectivity index (χ0) is 18.6. The van der Waals surface area contributed by atoms with Crippen LogP contribution in [0.1, 0.15) is 47.0 Å². The minimum Gasteiger partial charge on any atom is -0.461 e. The molecular formula is C19H28N2O4. The van der Waals surface area contributed by atoms with Gasteiger partial charge in [0.05, 0.1) is 4.92 Å². The number of para-hydroxylation sites is 2. The fourth-order valence-electron chi connectivity index (χ4n) is 3.55. The predicted octanol–water partition coefficient (Wildman–Crippen LogP) is 4.40. The molecule has 0 radical (unpaired) electrons. The molecule has 6 nitrogen and oxygen atoms in total. The van der Waals surface area contributed by atoms with Crippen molar-refractivity contribution in [2.75, 3.05) is 5.32 Å². The third kappa shape index (κ3) is 4.94. The number of ether oxygens (including phenoxy) is 1. The summed E-state index contributed by atoms with van der Waals surface area (Å²) in [5.74, 6) is 1.02. The quantitative estimate of drug-likeness (QED) is 0.468. The van der Waals surface area contributed by atoms with E-state index in [0.29, 0.717) is 23.4 Å².